The molecule has 1 saturated carbocycles. The predicted octanol–water partition coefficient (Wildman–Crippen LogP) is 2.60. The topological polar surface area (TPSA) is 73.6 Å². The number of carbonyl (C=O) groups is 1. The number of carbonyl (C=O) groups excluding carboxylic acids is 1. The zero-order valence-electron chi connectivity index (χ0n) is 13.0. The molecule has 3 N–H and O–H groups in total. The molecule has 0 aliphatic heterocycles. The first kappa shape index (κ1) is 17.1. The summed E-state index contributed by atoms with van der Waals surface area (Å²) in [6.45, 7) is 0.450. The fourth-order valence-corrected chi connectivity index (χ4v) is 3.29. The monoisotopic (exact) mass is 370 g/mol. The van der Waals surface area contributed by atoms with Gasteiger partial charge in [0.25, 0.3) is 0 Å². The number of hydrogen-bond acceptors (Lipinski definition) is 4. The summed E-state index contributed by atoms with van der Waals surface area (Å²) in [4.78, 5) is 12.3. The van der Waals surface area contributed by atoms with Crippen molar-refractivity contribution >= 4 is 21.8 Å². The summed E-state index contributed by atoms with van der Waals surface area (Å²) in [5.41, 5.74) is 6.90. The summed E-state index contributed by atoms with van der Waals surface area (Å²) in [7, 11) is 3.19. The van der Waals surface area contributed by atoms with E-state index in [2.05, 4.69) is 21.2 Å². The maximum atomic E-state index is 12.3. The Morgan fingerprint density at radius 2 is 2.00 bits per heavy atom. The van der Waals surface area contributed by atoms with Crippen LogP contribution in [0.4, 0.5) is 0 Å². The summed E-state index contributed by atoms with van der Waals surface area (Å²) in [5, 5.41) is 3.00. The van der Waals surface area contributed by atoms with Crippen LogP contribution in [0.1, 0.15) is 31.2 Å². The standard InChI is InChI=1S/C16H23BrN2O3/c1-21-14-7-11(13(17)8-15(14)22-2)9-19-16(20)10-4-3-5-12(18)6-10/h7-8,10,12H,3-6,9,18H2,1-2H3,(H,19,20). The highest BCUT2D eigenvalue weighted by molar-refractivity contribution is 9.10. The summed E-state index contributed by atoms with van der Waals surface area (Å²) in [5.74, 6) is 1.41. The molecule has 22 heavy (non-hydrogen) atoms. The molecule has 0 saturated heterocycles. The van der Waals surface area contributed by atoms with Crippen LogP contribution < -0.4 is 20.5 Å². The molecule has 0 heterocycles. The van der Waals surface area contributed by atoms with E-state index in [1.165, 1.54) is 0 Å². The SMILES string of the molecule is COc1cc(Br)c(CNC(=O)C2CCCC(N)C2)cc1OC. The average Bonchev–Trinajstić information content (AvgIpc) is 2.53. The van der Waals surface area contributed by atoms with Crippen LogP contribution in [0.15, 0.2) is 16.6 Å². The Morgan fingerprint density at radius 1 is 1.32 bits per heavy atom. The molecule has 1 aliphatic carbocycles. The van der Waals surface area contributed by atoms with Crippen LogP contribution >= 0.6 is 15.9 Å². The molecular weight excluding hydrogens is 348 g/mol. The average molecular weight is 371 g/mol. The van der Waals surface area contributed by atoms with E-state index in [-0.39, 0.29) is 17.9 Å². The van der Waals surface area contributed by atoms with Crippen LogP contribution in [0, 0.1) is 5.92 Å². The minimum atomic E-state index is 0.0302. The Bertz CT molecular complexity index is 536. The number of nitrogens with two attached hydrogens (primary N) is 1. The van der Waals surface area contributed by atoms with Gasteiger partial charge in [0, 0.05) is 23.0 Å². The molecule has 0 bridgehead atoms. The highest BCUT2D eigenvalue weighted by Crippen LogP contribution is 2.33. The lowest BCUT2D eigenvalue weighted by molar-refractivity contribution is -0.126. The Hall–Kier alpha value is -1.27. The van der Waals surface area contributed by atoms with Gasteiger partial charge in [-0.1, -0.05) is 22.4 Å². The molecule has 1 amide bonds. The maximum absolute atomic E-state index is 12.3. The lowest BCUT2D eigenvalue weighted by Crippen LogP contribution is -2.37. The van der Waals surface area contributed by atoms with Gasteiger partial charge < -0.3 is 20.5 Å². The van der Waals surface area contributed by atoms with Gasteiger partial charge in [0.2, 0.25) is 5.91 Å². The lowest BCUT2D eigenvalue weighted by Gasteiger charge is -2.25. The van der Waals surface area contributed by atoms with Gasteiger partial charge in [0.05, 0.1) is 14.2 Å². The van der Waals surface area contributed by atoms with E-state index in [0.717, 1.165) is 35.7 Å². The first-order chi connectivity index (χ1) is 10.5. The Balaban J connectivity index is 2.00. The van der Waals surface area contributed by atoms with Gasteiger partial charge >= 0.3 is 0 Å². The Morgan fingerprint density at radius 3 is 2.64 bits per heavy atom. The van der Waals surface area contributed by atoms with Gasteiger partial charge in [-0.2, -0.15) is 0 Å². The van der Waals surface area contributed by atoms with Crippen LogP contribution in [0.25, 0.3) is 0 Å². The van der Waals surface area contributed by atoms with Crippen molar-refractivity contribution in [1.82, 2.24) is 5.32 Å². The van der Waals surface area contributed by atoms with E-state index < -0.39 is 0 Å². The predicted molar refractivity (Wildman–Crippen MR) is 89.0 cm³/mol. The highest BCUT2D eigenvalue weighted by Gasteiger charge is 2.25. The molecular formula is C16H23BrN2O3. The third-order valence-corrected chi connectivity index (χ3v) is 4.83. The van der Waals surface area contributed by atoms with Crippen molar-refractivity contribution in [2.45, 2.75) is 38.3 Å². The molecule has 122 valence electrons. The second kappa shape index (κ2) is 7.83. The van der Waals surface area contributed by atoms with Crippen molar-refractivity contribution in [3.63, 3.8) is 0 Å². The quantitative estimate of drug-likeness (QED) is 0.835. The third kappa shape index (κ3) is 4.14. The number of methoxy groups -OCH3 is 2. The fourth-order valence-electron chi connectivity index (χ4n) is 2.82. The maximum Gasteiger partial charge on any atom is 0.223 e. The zero-order chi connectivity index (χ0) is 16.1. The first-order valence-electron chi connectivity index (χ1n) is 7.48. The van der Waals surface area contributed by atoms with Crippen molar-refractivity contribution in [2.24, 2.45) is 11.7 Å². The van der Waals surface area contributed by atoms with Crippen LogP contribution in [0.5, 0.6) is 11.5 Å². The van der Waals surface area contributed by atoms with Crippen molar-refractivity contribution in [1.29, 1.82) is 0 Å². The van der Waals surface area contributed by atoms with Crippen LogP contribution in [0.2, 0.25) is 0 Å². The van der Waals surface area contributed by atoms with E-state index in [9.17, 15) is 4.79 Å². The highest BCUT2D eigenvalue weighted by atomic mass is 79.9. The second-order valence-electron chi connectivity index (χ2n) is 5.64. The van der Waals surface area contributed by atoms with Crippen molar-refractivity contribution in [2.75, 3.05) is 14.2 Å². The molecule has 2 atom stereocenters. The Labute approximate surface area is 139 Å². The number of ether oxygens (including phenoxy) is 2. The van der Waals surface area contributed by atoms with Gasteiger partial charge in [-0.15, -0.1) is 0 Å². The third-order valence-electron chi connectivity index (χ3n) is 4.09. The van der Waals surface area contributed by atoms with Crippen molar-refractivity contribution in [3.8, 4) is 11.5 Å². The van der Waals surface area contributed by atoms with Gasteiger partial charge in [-0.3, -0.25) is 4.79 Å². The van der Waals surface area contributed by atoms with Crippen molar-refractivity contribution < 1.29 is 14.3 Å². The molecule has 0 radical (unpaired) electrons. The number of rotatable bonds is 5. The minimum Gasteiger partial charge on any atom is -0.493 e. The molecule has 5 nitrogen and oxygen atoms in total. The Kier molecular flexibility index (Phi) is 6.08. The van der Waals surface area contributed by atoms with Gasteiger partial charge in [-0.25, -0.2) is 0 Å². The van der Waals surface area contributed by atoms with E-state index in [1.807, 2.05) is 12.1 Å². The van der Waals surface area contributed by atoms with E-state index >= 15 is 0 Å². The molecule has 2 rings (SSSR count). The number of benzene rings is 1. The minimum absolute atomic E-state index is 0.0302. The smallest absolute Gasteiger partial charge is 0.223 e. The van der Waals surface area contributed by atoms with Crippen LogP contribution in [-0.2, 0) is 11.3 Å². The van der Waals surface area contributed by atoms with Gasteiger partial charge in [0.1, 0.15) is 0 Å². The number of nitrogens with one attached hydrogen (secondary N) is 1. The van der Waals surface area contributed by atoms with Crippen molar-refractivity contribution in [3.05, 3.63) is 22.2 Å². The molecule has 0 aromatic heterocycles. The van der Waals surface area contributed by atoms with Gasteiger partial charge in [-0.05, 0) is 37.0 Å². The summed E-state index contributed by atoms with van der Waals surface area (Å²) < 4.78 is 11.4. The largest absolute Gasteiger partial charge is 0.493 e. The fraction of sp³-hybridized carbons (Fsp3) is 0.562. The molecule has 2 unspecified atom stereocenters. The zero-order valence-corrected chi connectivity index (χ0v) is 14.6. The van der Waals surface area contributed by atoms with Gasteiger partial charge in [0.15, 0.2) is 11.5 Å². The molecule has 0 spiro atoms. The van der Waals surface area contributed by atoms with Crippen LogP contribution in [0.3, 0.4) is 0 Å². The lowest BCUT2D eigenvalue weighted by atomic mass is 9.85. The summed E-state index contributed by atoms with van der Waals surface area (Å²) in [6.07, 6.45) is 3.75. The normalized spacial score (nSPS) is 21.3. The summed E-state index contributed by atoms with van der Waals surface area (Å²) in [6, 6.07) is 3.87. The van der Waals surface area contributed by atoms with E-state index in [0.29, 0.717) is 18.0 Å². The molecule has 6 heteroatoms. The van der Waals surface area contributed by atoms with Crippen LogP contribution in [-0.4, -0.2) is 26.2 Å². The number of halogens is 1. The number of amides is 1. The van der Waals surface area contributed by atoms with E-state index in [4.69, 9.17) is 15.2 Å². The van der Waals surface area contributed by atoms with E-state index in [1.54, 1.807) is 14.2 Å². The molecule has 1 aliphatic rings. The molecule has 1 aromatic rings. The first-order valence-corrected chi connectivity index (χ1v) is 8.28. The molecule has 1 fully saturated rings. The number of hydrogen-bond donors (Lipinski definition) is 2. The summed E-state index contributed by atoms with van der Waals surface area (Å²) >= 11 is 3.50. The second-order valence-corrected chi connectivity index (χ2v) is 6.49. The molecule has 1 aromatic carbocycles.